The van der Waals surface area contributed by atoms with Crippen molar-refractivity contribution >= 4 is 22.7 Å². The van der Waals surface area contributed by atoms with Crippen LogP contribution in [-0.4, -0.2) is 15.0 Å². The molecule has 0 aliphatic rings. The van der Waals surface area contributed by atoms with Gasteiger partial charge in [-0.15, -0.1) is 0 Å². The standard InChI is InChI=1S/C23H22ClN3/c1-5-9-13-17(8-4)21-25-22(18(11-6-2)12-7-3)27-23(26-21)19-14-10-15-20(24)16-19/h5-16H,2,4H2,1,3H3/b9-5-,12-7-,17-13+,18-11+. The molecule has 0 unspecified atom stereocenters. The van der Waals surface area contributed by atoms with Crippen LogP contribution in [0.5, 0.6) is 0 Å². The second-order valence-electron chi connectivity index (χ2n) is 5.53. The Labute approximate surface area is 165 Å². The molecule has 2 rings (SSSR count). The monoisotopic (exact) mass is 375 g/mol. The van der Waals surface area contributed by atoms with Gasteiger partial charge in [-0.2, -0.15) is 0 Å². The van der Waals surface area contributed by atoms with Gasteiger partial charge in [0, 0.05) is 21.7 Å². The Bertz CT molecular complexity index is 950. The lowest BCUT2D eigenvalue weighted by molar-refractivity contribution is 1.00. The molecule has 0 spiro atoms. The number of hydrogen-bond acceptors (Lipinski definition) is 3. The van der Waals surface area contributed by atoms with Crippen molar-refractivity contribution in [1.82, 2.24) is 15.0 Å². The molecule has 0 aliphatic carbocycles. The van der Waals surface area contributed by atoms with E-state index in [1.165, 1.54) is 0 Å². The number of halogens is 1. The van der Waals surface area contributed by atoms with E-state index in [0.29, 0.717) is 22.5 Å². The average Bonchev–Trinajstić information content (AvgIpc) is 2.68. The maximum Gasteiger partial charge on any atom is 0.164 e. The van der Waals surface area contributed by atoms with Gasteiger partial charge in [-0.25, -0.2) is 15.0 Å². The molecular formula is C23H22ClN3. The first-order chi connectivity index (χ1) is 13.1. The van der Waals surface area contributed by atoms with Gasteiger partial charge in [-0.05, 0) is 26.0 Å². The van der Waals surface area contributed by atoms with Crippen LogP contribution in [-0.2, 0) is 0 Å². The molecule has 0 amide bonds. The summed E-state index contributed by atoms with van der Waals surface area (Å²) in [6.45, 7) is 11.6. The van der Waals surface area contributed by atoms with Crippen molar-refractivity contribution in [1.29, 1.82) is 0 Å². The van der Waals surface area contributed by atoms with E-state index in [1.54, 1.807) is 12.2 Å². The van der Waals surface area contributed by atoms with Crippen molar-refractivity contribution in [2.75, 3.05) is 0 Å². The lowest BCUT2D eigenvalue weighted by atomic mass is 10.1. The molecule has 0 fully saturated rings. The van der Waals surface area contributed by atoms with Crippen LogP contribution < -0.4 is 0 Å². The Morgan fingerprint density at radius 1 is 0.963 bits per heavy atom. The highest BCUT2D eigenvalue weighted by molar-refractivity contribution is 6.30. The molecule has 3 nitrogen and oxygen atoms in total. The predicted molar refractivity (Wildman–Crippen MR) is 116 cm³/mol. The first-order valence-corrected chi connectivity index (χ1v) is 8.94. The molecule has 136 valence electrons. The Balaban J connectivity index is 2.75. The zero-order chi connectivity index (χ0) is 19.6. The number of aromatic nitrogens is 3. The van der Waals surface area contributed by atoms with E-state index in [4.69, 9.17) is 11.6 Å². The highest BCUT2D eigenvalue weighted by Crippen LogP contribution is 2.24. The van der Waals surface area contributed by atoms with Crippen LogP contribution in [0.3, 0.4) is 0 Å². The molecule has 0 radical (unpaired) electrons. The van der Waals surface area contributed by atoms with Crippen LogP contribution in [0.1, 0.15) is 25.5 Å². The van der Waals surface area contributed by atoms with Crippen LogP contribution in [0.15, 0.2) is 86.0 Å². The molecule has 1 heterocycles. The van der Waals surface area contributed by atoms with E-state index in [0.717, 1.165) is 16.7 Å². The number of allylic oxidation sites excluding steroid dienone is 10. The molecule has 0 aliphatic heterocycles. The summed E-state index contributed by atoms with van der Waals surface area (Å²) >= 11 is 6.15. The Morgan fingerprint density at radius 2 is 1.70 bits per heavy atom. The molecular weight excluding hydrogens is 354 g/mol. The van der Waals surface area contributed by atoms with Gasteiger partial charge in [0.2, 0.25) is 0 Å². The van der Waals surface area contributed by atoms with Gasteiger partial charge in [-0.1, -0.05) is 85.5 Å². The zero-order valence-corrected chi connectivity index (χ0v) is 16.3. The number of hydrogen-bond donors (Lipinski definition) is 0. The van der Waals surface area contributed by atoms with E-state index in [9.17, 15) is 0 Å². The van der Waals surface area contributed by atoms with E-state index < -0.39 is 0 Å². The SMILES string of the molecule is C=C/C=C(\C=C/C)c1nc(/C(C=C)=C/C=C\C)nc(-c2cccc(Cl)c2)n1. The van der Waals surface area contributed by atoms with Crippen molar-refractivity contribution < 1.29 is 0 Å². The third-order valence-corrected chi connectivity index (χ3v) is 3.80. The first kappa shape index (κ1) is 20.3. The summed E-state index contributed by atoms with van der Waals surface area (Å²) in [4.78, 5) is 13.9. The fraction of sp³-hybridized carbons (Fsp3) is 0.0870. The number of nitrogens with zero attached hydrogens (tertiary/aromatic N) is 3. The first-order valence-electron chi connectivity index (χ1n) is 8.56. The molecule has 0 saturated carbocycles. The minimum atomic E-state index is 0.544. The highest BCUT2D eigenvalue weighted by Gasteiger charge is 2.12. The van der Waals surface area contributed by atoms with Crippen molar-refractivity contribution in [2.24, 2.45) is 0 Å². The van der Waals surface area contributed by atoms with Crippen LogP contribution in [0, 0.1) is 0 Å². The van der Waals surface area contributed by atoms with E-state index in [-0.39, 0.29) is 0 Å². The normalized spacial score (nSPS) is 12.7. The zero-order valence-electron chi connectivity index (χ0n) is 15.6. The van der Waals surface area contributed by atoms with Crippen molar-refractivity contribution in [3.63, 3.8) is 0 Å². The van der Waals surface area contributed by atoms with Gasteiger partial charge < -0.3 is 0 Å². The van der Waals surface area contributed by atoms with Crippen LogP contribution in [0.2, 0.25) is 5.02 Å². The summed E-state index contributed by atoms with van der Waals surface area (Å²) in [6.07, 6.45) is 15.0. The smallest absolute Gasteiger partial charge is 0.164 e. The molecule has 1 aromatic carbocycles. The topological polar surface area (TPSA) is 38.7 Å². The molecule has 27 heavy (non-hydrogen) atoms. The van der Waals surface area contributed by atoms with Crippen LogP contribution in [0.4, 0.5) is 0 Å². The largest absolute Gasteiger partial charge is 0.208 e. The van der Waals surface area contributed by atoms with E-state index in [2.05, 4.69) is 28.1 Å². The molecule has 4 heteroatoms. The van der Waals surface area contributed by atoms with E-state index in [1.807, 2.05) is 74.6 Å². The second kappa shape index (κ2) is 10.2. The minimum absolute atomic E-state index is 0.544. The Kier molecular flexibility index (Phi) is 7.65. The Hall–Kier alpha value is -3.04. The highest BCUT2D eigenvalue weighted by atomic mass is 35.5. The van der Waals surface area contributed by atoms with Gasteiger partial charge in [0.1, 0.15) is 0 Å². The average molecular weight is 376 g/mol. The second-order valence-corrected chi connectivity index (χ2v) is 5.96. The fourth-order valence-corrected chi connectivity index (χ4v) is 2.53. The number of benzene rings is 1. The summed E-state index contributed by atoms with van der Waals surface area (Å²) in [5.41, 5.74) is 2.47. The summed E-state index contributed by atoms with van der Waals surface area (Å²) in [5.74, 6) is 1.65. The maximum absolute atomic E-state index is 6.15. The third-order valence-electron chi connectivity index (χ3n) is 3.57. The van der Waals surface area contributed by atoms with Crippen molar-refractivity contribution in [3.05, 3.63) is 103 Å². The molecule has 1 aromatic heterocycles. The van der Waals surface area contributed by atoms with E-state index >= 15 is 0 Å². The van der Waals surface area contributed by atoms with Gasteiger partial charge in [0.25, 0.3) is 0 Å². The summed E-state index contributed by atoms with van der Waals surface area (Å²) in [6, 6.07) is 7.44. The minimum Gasteiger partial charge on any atom is -0.208 e. The lowest BCUT2D eigenvalue weighted by Gasteiger charge is -2.09. The summed E-state index contributed by atoms with van der Waals surface area (Å²) in [5, 5.41) is 0.625. The van der Waals surface area contributed by atoms with Gasteiger partial charge in [0.05, 0.1) is 0 Å². The van der Waals surface area contributed by atoms with Crippen LogP contribution >= 0.6 is 11.6 Å². The summed E-state index contributed by atoms with van der Waals surface area (Å²) in [7, 11) is 0. The van der Waals surface area contributed by atoms with Crippen molar-refractivity contribution in [2.45, 2.75) is 13.8 Å². The molecule has 0 saturated heterocycles. The number of rotatable bonds is 7. The predicted octanol–water partition coefficient (Wildman–Crippen LogP) is 6.48. The molecule has 0 atom stereocenters. The fourth-order valence-electron chi connectivity index (χ4n) is 2.34. The van der Waals surface area contributed by atoms with Gasteiger partial charge in [-0.3, -0.25) is 0 Å². The van der Waals surface area contributed by atoms with Crippen molar-refractivity contribution in [3.8, 4) is 11.4 Å². The van der Waals surface area contributed by atoms with Crippen LogP contribution in [0.25, 0.3) is 22.5 Å². The van der Waals surface area contributed by atoms with Gasteiger partial charge in [0.15, 0.2) is 17.5 Å². The summed E-state index contributed by atoms with van der Waals surface area (Å²) < 4.78 is 0. The molecule has 0 N–H and O–H groups in total. The maximum atomic E-state index is 6.15. The quantitative estimate of drug-likeness (QED) is 0.519. The van der Waals surface area contributed by atoms with Gasteiger partial charge >= 0.3 is 0 Å². The molecule has 2 aromatic rings. The molecule has 0 bridgehead atoms. The lowest BCUT2D eigenvalue weighted by Crippen LogP contribution is -2.04. The third kappa shape index (κ3) is 5.47. The Morgan fingerprint density at radius 3 is 2.30 bits per heavy atom.